The van der Waals surface area contributed by atoms with Crippen LogP contribution in [0.15, 0.2) is 47.6 Å². The van der Waals surface area contributed by atoms with Crippen molar-refractivity contribution in [3.63, 3.8) is 0 Å². The minimum Gasteiger partial charge on any atom is -0.486 e. The number of aliphatic imine (C=N–C) groups is 1. The molecule has 1 atom stereocenters. The zero-order valence-corrected chi connectivity index (χ0v) is 18.8. The predicted molar refractivity (Wildman–Crippen MR) is 122 cm³/mol. The Hall–Kier alpha value is -2.23. The molecule has 0 saturated heterocycles. The molecule has 1 saturated carbocycles. The van der Waals surface area contributed by atoms with E-state index < -0.39 is 0 Å². The molecular formula is C21H27IN4O3. The van der Waals surface area contributed by atoms with Gasteiger partial charge in [-0.25, -0.2) is 4.98 Å². The molecule has 0 spiro atoms. The van der Waals surface area contributed by atoms with Gasteiger partial charge in [-0.3, -0.25) is 4.99 Å². The van der Waals surface area contributed by atoms with Gasteiger partial charge in [0.25, 0.3) is 0 Å². The summed E-state index contributed by atoms with van der Waals surface area (Å²) in [6.07, 6.45) is 4.24. The summed E-state index contributed by atoms with van der Waals surface area (Å²) < 4.78 is 17.4. The minimum atomic E-state index is -0.0724. The first-order chi connectivity index (χ1) is 13.8. The fourth-order valence-corrected chi connectivity index (χ4v) is 2.91. The summed E-state index contributed by atoms with van der Waals surface area (Å²) in [7, 11) is 1.75. The van der Waals surface area contributed by atoms with E-state index in [9.17, 15) is 0 Å². The zero-order valence-electron chi connectivity index (χ0n) is 16.5. The molecule has 1 aliphatic carbocycles. The lowest BCUT2D eigenvalue weighted by molar-refractivity contribution is 0.0936. The Morgan fingerprint density at radius 3 is 2.83 bits per heavy atom. The van der Waals surface area contributed by atoms with Crippen molar-refractivity contribution < 1.29 is 14.2 Å². The van der Waals surface area contributed by atoms with Gasteiger partial charge in [0.15, 0.2) is 17.5 Å². The highest BCUT2D eigenvalue weighted by Gasteiger charge is 2.22. The Morgan fingerprint density at radius 2 is 2.03 bits per heavy atom. The molecule has 8 heteroatoms. The molecule has 4 rings (SSSR count). The second-order valence-corrected chi connectivity index (χ2v) is 7.06. The fourth-order valence-electron chi connectivity index (χ4n) is 2.91. The Balaban J connectivity index is 0.00000240. The third-order valence-electron chi connectivity index (χ3n) is 4.71. The maximum Gasteiger partial charge on any atom is 0.213 e. The van der Waals surface area contributed by atoms with Crippen LogP contribution in [0.25, 0.3) is 0 Å². The molecule has 156 valence electrons. The average molecular weight is 510 g/mol. The van der Waals surface area contributed by atoms with Crippen LogP contribution < -0.4 is 24.8 Å². The molecule has 0 bridgehead atoms. The zero-order chi connectivity index (χ0) is 19.2. The Labute approximate surface area is 188 Å². The highest BCUT2D eigenvalue weighted by Crippen LogP contribution is 2.30. The largest absolute Gasteiger partial charge is 0.486 e. The second kappa shape index (κ2) is 10.5. The third-order valence-corrected chi connectivity index (χ3v) is 4.71. The molecule has 2 heterocycles. The van der Waals surface area contributed by atoms with E-state index >= 15 is 0 Å². The van der Waals surface area contributed by atoms with Gasteiger partial charge in [0.1, 0.15) is 12.7 Å². The van der Waals surface area contributed by atoms with Gasteiger partial charge < -0.3 is 24.8 Å². The highest BCUT2D eigenvalue weighted by molar-refractivity contribution is 14.0. The van der Waals surface area contributed by atoms with Crippen molar-refractivity contribution in [2.75, 3.05) is 26.8 Å². The summed E-state index contributed by atoms with van der Waals surface area (Å²) in [5.74, 6) is 3.67. The van der Waals surface area contributed by atoms with Crippen LogP contribution in [0.5, 0.6) is 17.4 Å². The van der Waals surface area contributed by atoms with E-state index in [0.717, 1.165) is 23.7 Å². The topological polar surface area (TPSA) is 77.0 Å². The van der Waals surface area contributed by atoms with Crippen molar-refractivity contribution in [3.05, 3.63) is 48.2 Å². The van der Waals surface area contributed by atoms with E-state index in [4.69, 9.17) is 14.2 Å². The van der Waals surface area contributed by atoms with Gasteiger partial charge in [0, 0.05) is 25.9 Å². The molecule has 1 fully saturated rings. The van der Waals surface area contributed by atoms with Crippen molar-refractivity contribution in [2.45, 2.75) is 25.5 Å². The van der Waals surface area contributed by atoms with Crippen LogP contribution >= 0.6 is 24.0 Å². The third kappa shape index (κ3) is 6.38. The number of ether oxygens (including phenoxy) is 3. The molecule has 1 aromatic carbocycles. The number of halogens is 1. The molecular weight excluding hydrogens is 483 g/mol. The number of nitrogens with one attached hydrogen (secondary N) is 2. The number of aromatic nitrogens is 1. The number of hydrogen-bond acceptors (Lipinski definition) is 5. The summed E-state index contributed by atoms with van der Waals surface area (Å²) in [6.45, 7) is 2.50. The van der Waals surface area contributed by atoms with E-state index in [-0.39, 0.29) is 30.1 Å². The van der Waals surface area contributed by atoms with E-state index in [1.54, 1.807) is 13.2 Å². The van der Waals surface area contributed by atoms with Crippen molar-refractivity contribution in [1.82, 2.24) is 15.6 Å². The number of para-hydroxylation sites is 2. The number of guanidine groups is 1. The van der Waals surface area contributed by atoms with Gasteiger partial charge in [0.2, 0.25) is 5.88 Å². The highest BCUT2D eigenvalue weighted by atomic mass is 127. The summed E-state index contributed by atoms with van der Waals surface area (Å²) in [5.41, 5.74) is 1.09. The van der Waals surface area contributed by atoms with Crippen LogP contribution in [0.4, 0.5) is 0 Å². The first kappa shape index (κ1) is 21.5. The minimum absolute atomic E-state index is 0. The summed E-state index contributed by atoms with van der Waals surface area (Å²) in [5, 5.41) is 6.60. The molecule has 0 radical (unpaired) electrons. The monoisotopic (exact) mass is 510 g/mol. The first-order valence-electron chi connectivity index (χ1n) is 9.71. The molecule has 1 unspecified atom stereocenters. The van der Waals surface area contributed by atoms with Gasteiger partial charge in [-0.2, -0.15) is 0 Å². The van der Waals surface area contributed by atoms with Crippen molar-refractivity contribution in [3.8, 4) is 17.4 Å². The maximum absolute atomic E-state index is 5.96. The molecule has 0 amide bonds. The maximum atomic E-state index is 5.96. The molecule has 2 aliphatic rings. The lowest BCUT2D eigenvalue weighted by Crippen LogP contribution is -2.45. The number of hydrogen-bond donors (Lipinski definition) is 2. The van der Waals surface area contributed by atoms with Crippen molar-refractivity contribution >= 4 is 29.9 Å². The number of fused-ring (bicyclic) bond motifs is 1. The normalized spacial score (nSPS) is 17.8. The van der Waals surface area contributed by atoms with E-state index in [1.165, 1.54) is 12.8 Å². The van der Waals surface area contributed by atoms with Crippen molar-refractivity contribution in [1.29, 1.82) is 0 Å². The molecule has 7 nitrogen and oxygen atoms in total. The number of rotatable bonds is 7. The van der Waals surface area contributed by atoms with Gasteiger partial charge in [-0.15, -0.1) is 24.0 Å². The summed E-state index contributed by atoms with van der Waals surface area (Å²) in [6, 6.07) is 11.7. The molecule has 1 aliphatic heterocycles. The van der Waals surface area contributed by atoms with Crippen LogP contribution in [0.1, 0.15) is 18.4 Å². The average Bonchev–Trinajstić information content (AvgIpc) is 3.57. The van der Waals surface area contributed by atoms with E-state index in [0.29, 0.717) is 37.5 Å². The summed E-state index contributed by atoms with van der Waals surface area (Å²) >= 11 is 0. The van der Waals surface area contributed by atoms with E-state index in [2.05, 4.69) is 20.6 Å². The molecule has 2 N–H and O–H groups in total. The number of pyridine rings is 1. The second-order valence-electron chi connectivity index (χ2n) is 7.06. The first-order valence-corrected chi connectivity index (χ1v) is 9.71. The molecule has 29 heavy (non-hydrogen) atoms. The fraction of sp³-hybridized carbons (Fsp3) is 0.429. The lowest BCUT2D eigenvalue weighted by atomic mass is 10.2. The molecule has 1 aromatic heterocycles. The van der Waals surface area contributed by atoms with Crippen LogP contribution in [-0.2, 0) is 6.54 Å². The van der Waals surface area contributed by atoms with E-state index in [1.807, 2.05) is 36.4 Å². The SMILES string of the molecule is CN=C(NCc1ccnc(OCC2CC2)c1)NCC1COc2ccccc2O1.I. The van der Waals surface area contributed by atoms with Gasteiger partial charge >= 0.3 is 0 Å². The Kier molecular flexibility index (Phi) is 7.79. The van der Waals surface area contributed by atoms with Crippen LogP contribution in [-0.4, -0.2) is 43.9 Å². The van der Waals surface area contributed by atoms with Gasteiger partial charge in [-0.1, -0.05) is 12.1 Å². The smallest absolute Gasteiger partial charge is 0.213 e. The quantitative estimate of drug-likeness (QED) is 0.339. The van der Waals surface area contributed by atoms with Gasteiger partial charge in [-0.05, 0) is 42.5 Å². The molecule has 2 aromatic rings. The van der Waals surface area contributed by atoms with Crippen LogP contribution in [0.3, 0.4) is 0 Å². The van der Waals surface area contributed by atoms with Crippen LogP contribution in [0.2, 0.25) is 0 Å². The van der Waals surface area contributed by atoms with Crippen molar-refractivity contribution in [2.24, 2.45) is 10.9 Å². The van der Waals surface area contributed by atoms with Crippen LogP contribution in [0, 0.1) is 5.92 Å². The number of nitrogens with zero attached hydrogens (tertiary/aromatic N) is 2. The summed E-state index contributed by atoms with van der Waals surface area (Å²) in [4.78, 5) is 8.55. The Morgan fingerprint density at radius 1 is 1.21 bits per heavy atom. The number of benzene rings is 1. The lowest BCUT2D eigenvalue weighted by Gasteiger charge is -2.27. The standard InChI is InChI=1S/C21H26N4O3.HI/c1-22-21(25-12-17-14-26-18-4-2-3-5-19(18)28-17)24-11-16-8-9-23-20(10-16)27-13-15-6-7-15;/h2-5,8-10,15,17H,6-7,11-14H2,1H3,(H2,22,24,25);1H. The van der Waals surface area contributed by atoms with Gasteiger partial charge in [0.05, 0.1) is 13.2 Å². The Bertz CT molecular complexity index is 829. The predicted octanol–water partition coefficient (Wildman–Crippen LogP) is 2.99.